The Morgan fingerprint density at radius 1 is 0.969 bits per heavy atom. The Hall–Kier alpha value is -3.52. The molecule has 5 rings (SSSR count). The summed E-state index contributed by atoms with van der Waals surface area (Å²) in [6.45, 7) is 2.05. The molecule has 2 amide bonds. The largest absolute Gasteiger partial charge is 0.304 e. The van der Waals surface area contributed by atoms with Crippen LogP contribution in [0.3, 0.4) is 0 Å². The molecule has 0 N–H and O–H groups in total. The molecule has 0 aliphatic carbocycles. The van der Waals surface area contributed by atoms with E-state index in [9.17, 15) is 22.4 Å². The number of fused-ring (bicyclic) bond motifs is 2. The van der Waals surface area contributed by atoms with Crippen molar-refractivity contribution in [3.8, 4) is 0 Å². The smallest absolute Gasteiger partial charge is 0.274 e. The molecule has 3 aromatic carbocycles. The molecule has 2 aliphatic heterocycles. The fourth-order valence-electron chi connectivity index (χ4n) is 4.62. The predicted molar refractivity (Wildman–Crippen MR) is 118 cm³/mol. The number of amides is 2. The van der Waals surface area contributed by atoms with Crippen LogP contribution in [0, 0.1) is 12.7 Å². The number of sulfone groups is 1. The maximum Gasteiger partial charge on any atom is 0.274 e. The minimum atomic E-state index is -4.28. The summed E-state index contributed by atoms with van der Waals surface area (Å²) in [7, 11) is -4.28. The van der Waals surface area contributed by atoms with Gasteiger partial charge in [0, 0.05) is 11.3 Å². The number of para-hydroxylation sites is 1. The maximum atomic E-state index is 14.0. The van der Waals surface area contributed by atoms with Gasteiger partial charge in [-0.15, -0.1) is 0 Å². The van der Waals surface area contributed by atoms with Gasteiger partial charge in [-0.3, -0.25) is 14.5 Å². The molecule has 0 aromatic heterocycles. The van der Waals surface area contributed by atoms with Crippen molar-refractivity contribution >= 4 is 33.0 Å². The summed E-state index contributed by atoms with van der Waals surface area (Å²) >= 11 is 0. The molecule has 8 heteroatoms. The van der Waals surface area contributed by atoms with Gasteiger partial charge in [0.2, 0.25) is 5.91 Å². The highest BCUT2D eigenvalue weighted by Crippen LogP contribution is 2.52. The zero-order chi connectivity index (χ0) is 22.7. The highest BCUT2D eigenvalue weighted by atomic mass is 32.2. The van der Waals surface area contributed by atoms with Crippen LogP contribution in [0.2, 0.25) is 0 Å². The summed E-state index contributed by atoms with van der Waals surface area (Å²) in [4.78, 5) is 27.1. The maximum absolute atomic E-state index is 14.0. The normalized spacial score (nSPS) is 21.4. The second-order valence-electron chi connectivity index (χ2n) is 7.95. The Morgan fingerprint density at radius 3 is 2.44 bits per heavy atom. The van der Waals surface area contributed by atoms with Gasteiger partial charge in [0.25, 0.3) is 10.8 Å². The summed E-state index contributed by atoms with van der Waals surface area (Å²) in [5.41, 5.74) is 2.45. The molecule has 0 unspecified atom stereocenters. The monoisotopic (exact) mass is 450 g/mol. The fourth-order valence-corrected chi connectivity index (χ4v) is 6.65. The Labute approximate surface area is 184 Å². The van der Waals surface area contributed by atoms with Crippen LogP contribution >= 0.6 is 0 Å². The Balaban J connectivity index is 1.76. The molecule has 32 heavy (non-hydrogen) atoms. The van der Waals surface area contributed by atoms with Gasteiger partial charge in [0.1, 0.15) is 11.6 Å². The first kappa shape index (κ1) is 20.4. The van der Waals surface area contributed by atoms with Gasteiger partial charge < -0.3 is 4.90 Å². The Morgan fingerprint density at radius 2 is 1.69 bits per heavy atom. The van der Waals surface area contributed by atoms with Crippen LogP contribution in [0.4, 0.5) is 15.8 Å². The molecule has 2 heterocycles. The van der Waals surface area contributed by atoms with E-state index < -0.39 is 38.1 Å². The van der Waals surface area contributed by atoms with Gasteiger partial charge in [0.05, 0.1) is 12.2 Å². The number of halogens is 1. The first-order valence-corrected chi connectivity index (χ1v) is 11.7. The molecule has 1 spiro atoms. The molecule has 0 bridgehead atoms. The summed E-state index contributed by atoms with van der Waals surface area (Å²) in [5.74, 6) is -2.97. The predicted octanol–water partition coefficient (Wildman–Crippen LogP) is 3.30. The van der Waals surface area contributed by atoms with E-state index in [1.807, 2.05) is 31.2 Å². The van der Waals surface area contributed by atoms with E-state index >= 15 is 0 Å². The van der Waals surface area contributed by atoms with Crippen LogP contribution < -0.4 is 9.80 Å². The molecular formula is C24H19FN2O4S. The average Bonchev–Trinajstić information content (AvgIpc) is 3.12. The number of anilines is 2. The number of benzene rings is 3. The van der Waals surface area contributed by atoms with Crippen LogP contribution in [0.5, 0.6) is 0 Å². The van der Waals surface area contributed by atoms with Crippen molar-refractivity contribution in [2.45, 2.75) is 18.3 Å². The van der Waals surface area contributed by atoms with Gasteiger partial charge in [-0.1, -0.05) is 48.5 Å². The highest BCUT2D eigenvalue weighted by Gasteiger charge is 2.69. The molecule has 3 aromatic rings. The van der Waals surface area contributed by atoms with E-state index in [1.165, 1.54) is 23.1 Å². The number of hydrogen-bond acceptors (Lipinski definition) is 4. The Bertz CT molecular complexity index is 1390. The lowest BCUT2D eigenvalue weighted by Gasteiger charge is -2.32. The van der Waals surface area contributed by atoms with E-state index in [0.717, 1.165) is 22.1 Å². The topological polar surface area (TPSA) is 74.8 Å². The number of hydrogen-bond donors (Lipinski definition) is 0. The minimum Gasteiger partial charge on any atom is -0.304 e. The van der Waals surface area contributed by atoms with E-state index in [2.05, 4.69) is 0 Å². The number of aryl methyl sites for hydroxylation is 1. The quantitative estimate of drug-likeness (QED) is 0.614. The number of nitrogens with zero attached hydrogens (tertiary/aromatic N) is 2. The molecule has 1 atom stereocenters. The minimum absolute atomic E-state index is 0.0250. The van der Waals surface area contributed by atoms with Crippen molar-refractivity contribution in [2.75, 3.05) is 15.6 Å². The molecule has 1 saturated heterocycles. The second-order valence-corrected chi connectivity index (χ2v) is 10.1. The third kappa shape index (κ3) is 2.65. The van der Waals surface area contributed by atoms with Gasteiger partial charge in [-0.05, 0) is 42.3 Å². The lowest BCUT2D eigenvalue weighted by Crippen LogP contribution is -2.54. The number of rotatable bonds is 3. The summed E-state index contributed by atoms with van der Waals surface area (Å²) in [6.07, 6.45) is 0. The van der Waals surface area contributed by atoms with Crippen LogP contribution in [0.25, 0.3) is 0 Å². The van der Waals surface area contributed by atoms with Crippen LogP contribution in [0.15, 0.2) is 72.8 Å². The second kappa shape index (κ2) is 7.00. The zero-order valence-corrected chi connectivity index (χ0v) is 18.0. The van der Waals surface area contributed by atoms with Crippen molar-refractivity contribution in [1.29, 1.82) is 0 Å². The number of carbonyl (C=O) groups is 2. The summed E-state index contributed by atoms with van der Waals surface area (Å²) in [5, 5.41) is 0. The van der Waals surface area contributed by atoms with Crippen molar-refractivity contribution in [3.05, 3.63) is 95.3 Å². The van der Waals surface area contributed by atoms with Gasteiger partial charge in [0.15, 0.2) is 9.84 Å². The third-order valence-electron chi connectivity index (χ3n) is 6.08. The van der Waals surface area contributed by atoms with Crippen molar-refractivity contribution in [2.24, 2.45) is 0 Å². The highest BCUT2D eigenvalue weighted by molar-refractivity contribution is 7.94. The molecule has 162 valence electrons. The van der Waals surface area contributed by atoms with Crippen LogP contribution in [-0.2, 0) is 30.8 Å². The Kier molecular flexibility index (Phi) is 4.46. The SMILES string of the molecule is Cc1ccccc1CN1C(=O)[C@]2(c3ccccc31)N(c1cccc(F)c1)C(=O)CS2(=O)=O. The average molecular weight is 450 g/mol. The summed E-state index contributed by atoms with van der Waals surface area (Å²) in [6, 6.07) is 19.2. The molecule has 6 nitrogen and oxygen atoms in total. The van der Waals surface area contributed by atoms with Crippen LogP contribution in [0.1, 0.15) is 16.7 Å². The molecule has 0 radical (unpaired) electrons. The third-order valence-corrected chi connectivity index (χ3v) is 8.18. The zero-order valence-electron chi connectivity index (χ0n) is 17.2. The van der Waals surface area contributed by atoms with E-state index in [0.29, 0.717) is 5.69 Å². The lowest BCUT2D eigenvalue weighted by molar-refractivity contribution is -0.123. The molecule has 2 aliphatic rings. The fraction of sp³-hybridized carbons (Fsp3) is 0.167. The van der Waals surface area contributed by atoms with Gasteiger partial charge in [-0.2, -0.15) is 0 Å². The van der Waals surface area contributed by atoms with Gasteiger partial charge in [-0.25, -0.2) is 12.8 Å². The van der Waals surface area contributed by atoms with Gasteiger partial charge >= 0.3 is 0 Å². The van der Waals surface area contributed by atoms with E-state index in [1.54, 1.807) is 24.3 Å². The molecular weight excluding hydrogens is 431 g/mol. The summed E-state index contributed by atoms with van der Waals surface area (Å²) < 4.78 is 41.0. The van der Waals surface area contributed by atoms with Crippen molar-refractivity contribution in [1.82, 2.24) is 0 Å². The molecule has 1 fully saturated rings. The van der Waals surface area contributed by atoms with E-state index in [4.69, 9.17) is 0 Å². The number of carbonyl (C=O) groups excluding carboxylic acids is 2. The van der Waals surface area contributed by atoms with Crippen LogP contribution in [-0.4, -0.2) is 26.0 Å². The standard InChI is InChI=1S/C24H19FN2O4S/c1-16-7-2-3-8-17(16)14-26-21-12-5-4-11-20(21)24(23(26)29)27(22(28)15-32(24,30)31)19-10-6-9-18(25)13-19/h2-13H,14-15H2,1H3/t24-/m1/s1. The first-order valence-electron chi connectivity index (χ1n) is 10.0. The molecule has 0 saturated carbocycles. The van der Waals surface area contributed by atoms with Crippen molar-refractivity contribution < 1.29 is 22.4 Å². The van der Waals surface area contributed by atoms with Crippen molar-refractivity contribution in [3.63, 3.8) is 0 Å². The van der Waals surface area contributed by atoms with E-state index in [-0.39, 0.29) is 17.8 Å². The first-order chi connectivity index (χ1) is 15.3. The lowest BCUT2D eigenvalue weighted by atomic mass is 10.0.